The first-order chi connectivity index (χ1) is 12.7. The van der Waals surface area contributed by atoms with Gasteiger partial charge in [0.25, 0.3) is 0 Å². The molecular weight excluding hydrogens is 326 g/mol. The standard InChI is InChI=1S/C21H23N3O2/c1-24(2)14-19-8-5-16-13-18(9-10-21(16)26-19)25-17-6-3-15(4-7-17)20-11-12-22-23-20/h3-4,6-7,9-13,19H,5,8,14H2,1-2H3,(H,22,23). The monoisotopic (exact) mass is 349 g/mol. The maximum atomic E-state index is 6.10. The maximum absolute atomic E-state index is 6.10. The highest BCUT2D eigenvalue weighted by Gasteiger charge is 2.20. The lowest BCUT2D eigenvalue weighted by molar-refractivity contribution is 0.137. The molecule has 1 aliphatic heterocycles. The molecule has 5 nitrogen and oxygen atoms in total. The number of fused-ring (bicyclic) bond motifs is 1. The first kappa shape index (κ1) is 16.7. The van der Waals surface area contributed by atoms with Gasteiger partial charge in [-0.25, -0.2) is 0 Å². The van der Waals surface area contributed by atoms with E-state index >= 15 is 0 Å². The normalized spacial score (nSPS) is 16.2. The summed E-state index contributed by atoms with van der Waals surface area (Å²) in [7, 11) is 4.15. The van der Waals surface area contributed by atoms with Gasteiger partial charge in [0.15, 0.2) is 0 Å². The molecular formula is C21H23N3O2. The minimum atomic E-state index is 0.263. The Bertz CT molecular complexity index is 857. The van der Waals surface area contributed by atoms with Crippen LogP contribution < -0.4 is 9.47 Å². The summed E-state index contributed by atoms with van der Waals surface area (Å²) in [6.07, 6.45) is 4.06. The van der Waals surface area contributed by atoms with Crippen LogP contribution in [0.2, 0.25) is 0 Å². The first-order valence-electron chi connectivity index (χ1n) is 8.89. The molecule has 1 atom stereocenters. The highest BCUT2D eigenvalue weighted by atomic mass is 16.5. The molecule has 0 saturated heterocycles. The number of H-pyrrole nitrogens is 1. The summed E-state index contributed by atoms with van der Waals surface area (Å²) in [6.45, 7) is 0.945. The average Bonchev–Trinajstić information content (AvgIpc) is 3.17. The third kappa shape index (κ3) is 3.73. The van der Waals surface area contributed by atoms with Crippen LogP contribution in [-0.2, 0) is 6.42 Å². The van der Waals surface area contributed by atoms with Gasteiger partial charge < -0.3 is 14.4 Å². The zero-order valence-electron chi connectivity index (χ0n) is 15.1. The second-order valence-corrected chi connectivity index (χ2v) is 6.91. The first-order valence-corrected chi connectivity index (χ1v) is 8.89. The fourth-order valence-corrected chi connectivity index (χ4v) is 3.28. The van der Waals surface area contributed by atoms with Crippen LogP contribution in [0.1, 0.15) is 12.0 Å². The van der Waals surface area contributed by atoms with Crippen LogP contribution in [-0.4, -0.2) is 41.8 Å². The average molecular weight is 349 g/mol. The van der Waals surface area contributed by atoms with Gasteiger partial charge in [-0.15, -0.1) is 0 Å². The van der Waals surface area contributed by atoms with Crippen molar-refractivity contribution in [2.24, 2.45) is 0 Å². The molecule has 1 N–H and O–H groups in total. The molecule has 3 aromatic rings. The van der Waals surface area contributed by atoms with E-state index in [2.05, 4.69) is 35.3 Å². The predicted molar refractivity (Wildman–Crippen MR) is 102 cm³/mol. The number of benzene rings is 2. The summed E-state index contributed by atoms with van der Waals surface area (Å²) in [5, 5.41) is 6.94. The number of ether oxygens (including phenoxy) is 2. The quantitative estimate of drug-likeness (QED) is 0.753. The van der Waals surface area contributed by atoms with Crippen molar-refractivity contribution in [1.82, 2.24) is 15.1 Å². The Hall–Kier alpha value is -2.79. The summed E-state index contributed by atoms with van der Waals surface area (Å²) in [5.41, 5.74) is 3.29. The topological polar surface area (TPSA) is 50.4 Å². The predicted octanol–water partition coefficient (Wildman–Crippen LogP) is 4.12. The van der Waals surface area contributed by atoms with Crippen molar-refractivity contribution < 1.29 is 9.47 Å². The summed E-state index contributed by atoms with van der Waals surface area (Å²) in [6, 6.07) is 16.0. The van der Waals surface area contributed by atoms with Gasteiger partial charge in [-0.3, -0.25) is 5.10 Å². The van der Waals surface area contributed by atoms with Gasteiger partial charge in [-0.05, 0) is 86.6 Å². The lowest BCUT2D eigenvalue weighted by Gasteiger charge is -2.28. The number of aromatic amines is 1. The van der Waals surface area contributed by atoms with E-state index in [0.29, 0.717) is 0 Å². The maximum Gasteiger partial charge on any atom is 0.127 e. The van der Waals surface area contributed by atoms with E-state index in [-0.39, 0.29) is 6.10 Å². The minimum Gasteiger partial charge on any atom is -0.489 e. The molecule has 5 heteroatoms. The van der Waals surface area contributed by atoms with Crippen molar-refractivity contribution in [2.75, 3.05) is 20.6 Å². The number of hydrogen-bond acceptors (Lipinski definition) is 4. The van der Waals surface area contributed by atoms with E-state index in [1.165, 1.54) is 5.56 Å². The number of rotatable bonds is 5. The molecule has 134 valence electrons. The van der Waals surface area contributed by atoms with Gasteiger partial charge in [0.1, 0.15) is 23.4 Å². The van der Waals surface area contributed by atoms with Gasteiger partial charge in [0.2, 0.25) is 0 Å². The van der Waals surface area contributed by atoms with E-state index < -0.39 is 0 Å². The van der Waals surface area contributed by atoms with Crippen LogP contribution in [0.4, 0.5) is 0 Å². The Labute approximate surface area is 153 Å². The third-order valence-electron chi connectivity index (χ3n) is 4.53. The van der Waals surface area contributed by atoms with Gasteiger partial charge in [-0.2, -0.15) is 5.10 Å². The van der Waals surface area contributed by atoms with Crippen molar-refractivity contribution in [2.45, 2.75) is 18.9 Å². The zero-order chi connectivity index (χ0) is 17.9. The van der Waals surface area contributed by atoms with Crippen LogP contribution in [0.15, 0.2) is 54.7 Å². The van der Waals surface area contributed by atoms with E-state index in [0.717, 1.165) is 47.9 Å². The second-order valence-electron chi connectivity index (χ2n) is 6.91. The van der Waals surface area contributed by atoms with Crippen molar-refractivity contribution in [1.29, 1.82) is 0 Å². The second kappa shape index (κ2) is 7.22. The van der Waals surface area contributed by atoms with Crippen LogP contribution in [0.5, 0.6) is 17.2 Å². The molecule has 0 amide bonds. The molecule has 2 heterocycles. The Morgan fingerprint density at radius 1 is 1.12 bits per heavy atom. The largest absolute Gasteiger partial charge is 0.489 e. The zero-order valence-corrected chi connectivity index (χ0v) is 15.1. The van der Waals surface area contributed by atoms with Crippen molar-refractivity contribution in [3.8, 4) is 28.5 Å². The molecule has 4 rings (SSSR count). The van der Waals surface area contributed by atoms with Crippen molar-refractivity contribution >= 4 is 0 Å². The summed E-state index contributed by atoms with van der Waals surface area (Å²) in [4.78, 5) is 2.17. The number of aryl methyl sites for hydroxylation is 1. The molecule has 1 unspecified atom stereocenters. The van der Waals surface area contributed by atoms with E-state index in [1.54, 1.807) is 6.20 Å². The molecule has 0 radical (unpaired) electrons. The third-order valence-corrected chi connectivity index (χ3v) is 4.53. The molecule has 26 heavy (non-hydrogen) atoms. The lowest BCUT2D eigenvalue weighted by Crippen LogP contribution is -2.33. The fourth-order valence-electron chi connectivity index (χ4n) is 3.28. The Balaban J connectivity index is 1.45. The SMILES string of the molecule is CN(C)CC1CCc2cc(Oc3ccc(-c4ccn[nH]4)cc3)ccc2O1. The lowest BCUT2D eigenvalue weighted by atomic mass is 10.0. The van der Waals surface area contributed by atoms with Crippen LogP contribution in [0.3, 0.4) is 0 Å². The highest BCUT2D eigenvalue weighted by molar-refractivity contribution is 5.59. The molecule has 0 aliphatic carbocycles. The van der Waals surface area contributed by atoms with E-state index in [9.17, 15) is 0 Å². The molecule has 0 saturated carbocycles. The van der Waals surface area contributed by atoms with Gasteiger partial charge >= 0.3 is 0 Å². The van der Waals surface area contributed by atoms with E-state index in [4.69, 9.17) is 9.47 Å². The Morgan fingerprint density at radius 3 is 2.65 bits per heavy atom. The number of nitrogens with one attached hydrogen (secondary N) is 1. The van der Waals surface area contributed by atoms with Crippen LogP contribution in [0, 0.1) is 0 Å². The fraction of sp³-hybridized carbons (Fsp3) is 0.286. The Kier molecular flexibility index (Phi) is 4.63. The van der Waals surface area contributed by atoms with Gasteiger partial charge in [0.05, 0.1) is 5.69 Å². The number of likely N-dealkylation sites (N-methyl/N-ethyl adjacent to an activating group) is 1. The summed E-state index contributed by atoms with van der Waals surface area (Å²) in [5.74, 6) is 2.63. The van der Waals surface area contributed by atoms with Gasteiger partial charge in [-0.1, -0.05) is 0 Å². The van der Waals surface area contributed by atoms with Gasteiger partial charge in [0, 0.05) is 12.7 Å². The molecule has 0 spiro atoms. The summed E-state index contributed by atoms with van der Waals surface area (Å²) < 4.78 is 12.1. The summed E-state index contributed by atoms with van der Waals surface area (Å²) >= 11 is 0. The Morgan fingerprint density at radius 2 is 1.92 bits per heavy atom. The molecule has 2 aromatic carbocycles. The van der Waals surface area contributed by atoms with E-state index in [1.807, 2.05) is 42.5 Å². The molecule has 1 aromatic heterocycles. The number of aromatic nitrogens is 2. The minimum absolute atomic E-state index is 0.263. The highest BCUT2D eigenvalue weighted by Crippen LogP contribution is 2.33. The van der Waals surface area contributed by atoms with Crippen molar-refractivity contribution in [3.05, 3.63) is 60.3 Å². The number of hydrogen-bond donors (Lipinski definition) is 1. The molecule has 0 bridgehead atoms. The molecule has 0 fully saturated rings. The number of nitrogens with zero attached hydrogens (tertiary/aromatic N) is 2. The molecule has 1 aliphatic rings. The van der Waals surface area contributed by atoms with Crippen molar-refractivity contribution in [3.63, 3.8) is 0 Å². The van der Waals surface area contributed by atoms with Crippen LogP contribution >= 0.6 is 0 Å². The van der Waals surface area contributed by atoms with Crippen LogP contribution in [0.25, 0.3) is 11.3 Å². The smallest absolute Gasteiger partial charge is 0.127 e.